The van der Waals surface area contributed by atoms with Crippen LogP contribution in [0.2, 0.25) is 0 Å². The van der Waals surface area contributed by atoms with Crippen LogP contribution in [0.25, 0.3) is 0 Å². The van der Waals surface area contributed by atoms with E-state index in [1.165, 1.54) is 12.1 Å². The van der Waals surface area contributed by atoms with E-state index < -0.39 is 14.9 Å². The van der Waals surface area contributed by atoms with Crippen molar-refractivity contribution in [1.82, 2.24) is 10.2 Å². The molecule has 9 heteroatoms. The summed E-state index contributed by atoms with van der Waals surface area (Å²) in [4.78, 5) is 10.4. The second-order valence-electron chi connectivity index (χ2n) is 4.65. The van der Waals surface area contributed by atoms with Crippen LogP contribution in [0.5, 0.6) is 0 Å². The van der Waals surface area contributed by atoms with Gasteiger partial charge < -0.3 is 0 Å². The number of nitro benzene ring substituents is 1. The monoisotopic (exact) mass is 310 g/mol. The van der Waals surface area contributed by atoms with Crippen molar-refractivity contribution in [3.63, 3.8) is 0 Å². The molecule has 0 aliphatic carbocycles. The first-order chi connectivity index (χ1) is 9.72. The molecular formula is C12H14N4O4S. The fourth-order valence-electron chi connectivity index (χ4n) is 2.02. The standard InChI is InChI=1S/C12H14N4O4S/c1-7-4-5-11(16(17)18)10(6-7)15-21(19,20)12-8(2)13-14-9(12)3/h4-6,15H,1-3H3,(H,13,14). The maximum atomic E-state index is 12.4. The third-order valence-corrected chi connectivity index (χ3v) is 4.55. The van der Waals surface area contributed by atoms with Crippen molar-refractivity contribution in [2.24, 2.45) is 0 Å². The molecule has 0 amide bonds. The van der Waals surface area contributed by atoms with Gasteiger partial charge in [0.05, 0.1) is 16.3 Å². The van der Waals surface area contributed by atoms with Crippen molar-refractivity contribution in [2.45, 2.75) is 25.7 Å². The number of aromatic nitrogens is 2. The number of aromatic amines is 1. The SMILES string of the molecule is Cc1ccc([N+](=O)[O-])c(NS(=O)(=O)c2c(C)n[nH]c2C)c1. The van der Waals surface area contributed by atoms with Crippen LogP contribution < -0.4 is 4.72 Å². The molecule has 0 saturated carbocycles. The third-order valence-electron chi connectivity index (χ3n) is 2.92. The smallest absolute Gasteiger partial charge is 0.281 e. The van der Waals surface area contributed by atoms with Crippen molar-refractivity contribution in [3.05, 3.63) is 45.3 Å². The zero-order valence-electron chi connectivity index (χ0n) is 11.7. The molecule has 0 aliphatic heterocycles. The van der Waals surface area contributed by atoms with Gasteiger partial charge in [-0.05, 0) is 32.4 Å². The maximum absolute atomic E-state index is 12.4. The first-order valence-corrected chi connectivity index (χ1v) is 7.50. The van der Waals surface area contributed by atoms with Crippen molar-refractivity contribution in [1.29, 1.82) is 0 Å². The average molecular weight is 310 g/mol. The van der Waals surface area contributed by atoms with Crippen molar-refractivity contribution in [3.8, 4) is 0 Å². The topological polar surface area (TPSA) is 118 Å². The van der Waals surface area contributed by atoms with E-state index >= 15 is 0 Å². The summed E-state index contributed by atoms with van der Waals surface area (Å²) >= 11 is 0. The number of sulfonamides is 1. The van der Waals surface area contributed by atoms with Gasteiger partial charge in [-0.25, -0.2) is 8.42 Å². The molecule has 1 heterocycles. The van der Waals surface area contributed by atoms with E-state index in [0.29, 0.717) is 17.0 Å². The van der Waals surface area contributed by atoms with Gasteiger partial charge >= 0.3 is 0 Å². The average Bonchev–Trinajstić information content (AvgIpc) is 2.68. The Morgan fingerprint density at radius 2 is 1.95 bits per heavy atom. The lowest BCUT2D eigenvalue weighted by molar-refractivity contribution is -0.383. The third kappa shape index (κ3) is 2.87. The van der Waals surface area contributed by atoms with E-state index in [4.69, 9.17) is 0 Å². The second-order valence-corrected chi connectivity index (χ2v) is 6.27. The summed E-state index contributed by atoms with van der Waals surface area (Å²) in [6.07, 6.45) is 0. The summed E-state index contributed by atoms with van der Waals surface area (Å²) in [5.41, 5.74) is 1.01. The molecule has 1 aromatic heterocycles. The number of anilines is 1. The molecule has 0 bridgehead atoms. The molecule has 2 N–H and O–H groups in total. The van der Waals surface area contributed by atoms with Crippen LogP contribution in [0.15, 0.2) is 23.1 Å². The predicted molar refractivity (Wildman–Crippen MR) is 76.7 cm³/mol. The molecule has 0 unspecified atom stereocenters. The lowest BCUT2D eigenvalue weighted by atomic mass is 10.2. The van der Waals surface area contributed by atoms with E-state index in [-0.39, 0.29) is 16.3 Å². The fraction of sp³-hybridized carbons (Fsp3) is 0.250. The Balaban J connectivity index is 2.51. The lowest BCUT2D eigenvalue weighted by Crippen LogP contribution is -2.15. The highest BCUT2D eigenvalue weighted by Gasteiger charge is 2.25. The number of aryl methyl sites for hydroxylation is 3. The van der Waals surface area contributed by atoms with Crippen LogP contribution in [0, 0.1) is 30.9 Å². The van der Waals surface area contributed by atoms with Crippen molar-refractivity contribution < 1.29 is 13.3 Å². The Morgan fingerprint density at radius 3 is 2.48 bits per heavy atom. The van der Waals surface area contributed by atoms with Gasteiger partial charge in [0.2, 0.25) is 0 Å². The summed E-state index contributed by atoms with van der Waals surface area (Å²) in [5.74, 6) is 0. The number of nitro groups is 1. The molecule has 2 rings (SSSR count). The van der Waals surface area contributed by atoms with Gasteiger partial charge in [0.15, 0.2) is 0 Å². The lowest BCUT2D eigenvalue weighted by Gasteiger charge is -2.09. The highest BCUT2D eigenvalue weighted by molar-refractivity contribution is 7.92. The highest BCUT2D eigenvalue weighted by Crippen LogP contribution is 2.28. The molecule has 0 aliphatic rings. The number of H-pyrrole nitrogens is 1. The van der Waals surface area contributed by atoms with Gasteiger partial charge in [-0.1, -0.05) is 6.07 Å². The maximum Gasteiger partial charge on any atom is 0.293 e. The Hall–Kier alpha value is -2.42. The first kappa shape index (κ1) is 15.0. The summed E-state index contributed by atoms with van der Waals surface area (Å²) in [6, 6.07) is 4.23. The Labute approximate surface area is 121 Å². The largest absolute Gasteiger partial charge is 0.293 e. The number of nitrogens with one attached hydrogen (secondary N) is 2. The van der Waals surface area contributed by atoms with Crippen molar-refractivity contribution >= 4 is 21.4 Å². The van der Waals surface area contributed by atoms with E-state index in [1.54, 1.807) is 26.8 Å². The van der Waals surface area contributed by atoms with E-state index in [2.05, 4.69) is 14.9 Å². The normalized spacial score (nSPS) is 11.4. The van der Waals surface area contributed by atoms with Gasteiger partial charge in [0.25, 0.3) is 15.7 Å². The molecule has 112 valence electrons. The molecule has 2 aromatic rings. The number of hydrogen-bond donors (Lipinski definition) is 2. The fourth-order valence-corrected chi connectivity index (χ4v) is 3.46. The molecule has 0 atom stereocenters. The number of nitrogens with zero attached hydrogens (tertiary/aromatic N) is 2. The minimum absolute atomic E-state index is 0.00157. The first-order valence-electron chi connectivity index (χ1n) is 6.02. The van der Waals surface area contributed by atoms with Crippen LogP contribution in [-0.4, -0.2) is 23.5 Å². The van der Waals surface area contributed by atoms with Crippen LogP contribution in [0.1, 0.15) is 17.0 Å². The summed E-state index contributed by atoms with van der Waals surface area (Å²) in [5, 5.41) is 17.4. The van der Waals surface area contributed by atoms with Gasteiger partial charge in [0, 0.05) is 6.07 Å². The number of benzene rings is 1. The molecule has 0 saturated heterocycles. The highest BCUT2D eigenvalue weighted by atomic mass is 32.2. The molecule has 1 aromatic carbocycles. The zero-order chi connectivity index (χ0) is 15.8. The minimum atomic E-state index is -3.95. The van der Waals surface area contributed by atoms with Crippen LogP contribution in [-0.2, 0) is 10.0 Å². The summed E-state index contributed by atoms with van der Waals surface area (Å²) in [7, 11) is -3.95. The van der Waals surface area contributed by atoms with Crippen LogP contribution in [0.3, 0.4) is 0 Å². The Kier molecular flexibility index (Phi) is 3.69. The van der Waals surface area contributed by atoms with Gasteiger partial charge in [-0.2, -0.15) is 5.10 Å². The molecule has 0 radical (unpaired) electrons. The molecule has 21 heavy (non-hydrogen) atoms. The quantitative estimate of drug-likeness (QED) is 0.661. The van der Waals surface area contributed by atoms with E-state index in [0.717, 1.165) is 0 Å². The van der Waals surface area contributed by atoms with Crippen LogP contribution in [0.4, 0.5) is 11.4 Å². The van der Waals surface area contributed by atoms with E-state index in [1.807, 2.05) is 0 Å². The Morgan fingerprint density at radius 1 is 1.29 bits per heavy atom. The molecule has 8 nitrogen and oxygen atoms in total. The van der Waals surface area contributed by atoms with Gasteiger partial charge in [-0.15, -0.1) is 0 Å². The van der Waals surface area contributed by atoms with E-state index in [9.17, 15) is 18.5 Å². The summed E-state index contributed by atoms with van der Waals surface area (Å²) in [6.45, 7) is 4.83. The van der Waals surface area contributed by atoms with Crippen LogP contribution >= 0.6 is 0 Å². The van der Waals surface area contributed by atoms with Crippen molar-refractivity contribution in [2.75, 3.05) is 4.72 Å². The Bertz CT molecular complexity index is 791. The second kappa shape index (κ2) is 5.17. The molecule has 0 fully saturated rings. The van der Waals surface area contributed by atoms with Gasteiger partial charge in [0.1, 0.15) is 10.6 Å². The number of rotatable bonds is 4. The zero-order valence-corrected chi connectivity index (χ0v) is 12.5. The predicted octanol–water partition coefficient (Wildman–Crippen LogP) is 2.04. The minimum Gasteiger partial charge on any atom is -0.281 e. The molecule has 0 spiro atoms. The number of hydrogen-bond acceptors (Lipinski definition) is 5. The van der Waals surface area contributed by atoms with Gasteiger partial charge in [-0.3, -0.25) is 19.9 Å². The summed E-state index contributed by atoms with van der Waals surface area (Å²) < 4.78 is 27.1. The molecular weight excluding hydrogens is 296 g/mol.